The highest BCUT2D eigenvalue weighted by molar-refractivity contribution is 5.70. The van der Waals surface area contributed by atoms with Crippen LogP contribution in [0.5, 0.6) is 0 Å². The molecule has 0 heterocycles. The Morgan fingerprint density at radius 2 is 1.12 bits per heavy atom. The molecule has 0 aromatic rings. The third kappa shape index (κ3) is 30.8. The zero-order valence-electron chi connectivity index (χ0n) is 31.6. The van der Waals surface area contributed by atoms with Crippen LogP contribution in [-0.2, 0) is 28.6 Å². The maximum atomic E-state index is 12.6. The molecule has 280 valence electrons. The molecule has 8 nitrogen and oxygen atoms in total. The van der Waals surface area contributed by atoms with E-state index in [1.807, 2.05) is 6.08 Å². The monoisotopic (exact) mass is 688 g/mol. The standard InChI is InChI=1S/C41H69NO7/c1-6-8-10-12-14-16-17-18-19-20-21-22-23-24-26-28-30-32-40(44)49-37(35-47-34-33-38(41(45)46)42(3,4)5)36-48-39(43)31-29-27-25-15-13-11-9-7-2/h14,16,18-19,21-22,24-27,37-38H,6-13,15,17,20,23,28-36H2,1-5H3/b16-14+,19-18+,22-21+,26-24+,27-25+. The van der Waals surface area contributed by atoms with E-state index >= 15 is 0 Å². The van der Waals surface area contributed by atoms with Gasteiger partial charge in [0.25, 0.3) is 0 Å². The predicted molar refractivity (Wildman–Crippen MR) is 199 cm³/mol. The SMILES string of the molecule is CCCCC/C=C/C/C=C/C/C=C/C/C=C/CCCC(=O)OC(COCCC(C(=O)[O-])[N+](C)(C)C)COC(=O)CC/C=C/CCCCCC. The molecule has 2 atom stereocenters. The van der Waals surface area contributed by atoms with Gasteiger partial charge >= 0.3 is 11.9 Å². The van der Waals surface area contributed by atoms with Crippen LogP contribution in [0.3, 0.4) is 0 Å². The van der Waals surface area contributed by atoms with Gasteiger partial charge in [-0.2, -0.15) is 0 Å². The Labute approximate surface area is 298 Å². The Morgan fingerprint density at radius 1 is 0.612 bits per heavy atom. The van der Waals surface area contributed by atoms with E-state index in [2.05, 4.69) is 68.5 Å². The second-order valence-electron chi connectivity index (χ2n) is 13.4. The van der Waals surface area contributed by atoms with Crippen LogP contribution < -0.4 is 5.11 Å². The molecule has 0 N–H and O–H groups in total. The quantitative estimate of drug-likeness (QED) is 0.0305. The van der Waals surface area contributed by atoms with Crippen molar-refractivity contribution in [2.24, 2.45) is 0 Å². The average Bonchev–Trinajstić information content (AvgIpc) is 3.05. The van der Waals surface area contributed by atoms with Crippen LogP contribution in [0.15, 0.2) is 60.8 Å². The van der Waals surface area contributed by atoms with Crippen molar-refractivity contribution in [2.45, 2.75) is 142 Å². The molecule has 0 aliphatic heterocycles. The van der Waals surface area contributed by atoms with Gasteiger partial charge in [-0.3, -0.25) is 9.59 Å². The molecule has 0 rings (SSSR count). The lowest BCUT2D eigenvalue weighted by Crippen LogP contribution is -2.55. The fourth-order valence-electron chi connectivity index (χ4n) is 4.90. The van der Waals surface area contributed by atoms with Crippen LogP contribution in [0.4, 0.5) is 0 Å². The number of unbranched alkanes of at least 4 members (excludes halogenated alkanes) is 8. The summed E-state index contributed by atoms with van der Waals surface area (Å²) in [5.74, 6) is -1.89. The van der Waals surface area contributed by atoms with Crippen molar-refractivity contribution in [3.63, 3.8) is 0 Å². The molecule has 0 aliphatic carbocycles. The van der Waals surface area contributed by atoms with Gasteiger partial charge in [0, 0.05) is 19.3 Å². The summed E-state index contributed by atoms with van der Waals surface area (Å²) in [5, 5.41) is 11.6. The number of esters is 2. The first kappa shape index (κ1) is 46.0. The fourth-order valence-corrected chi connectivity index (χ4v) is 4.90. The maximum Gasteiger partial charge on any atom is 0.306 e. The Bertz CT molecular complexity index is 990. The van der Waals surface area contributed by atoms with Crippen molar-refractivity contribution in [3.05, 3.63) is 60.8 Å². The maximum absolute atomic E-state index is 12.6. The van der Waals surface area contributed by atoms with Gasteiger partial charge in [-0.25, -0.2) is 0 Å². The van der Waals surface area contributed by atoms with Crippen LogP contribution in [-0.4, -0.2) is 75.5 Å². The highest BCUT2D eigenvalue weighted by Gasteiger charge is 2.25. The number of likely N-dealkylation sites (N-methyl/N-ethyl adjacent to an activating group) is 1. The van der Waals surface area contributed by atoms with Crippen molar-refractivity contribution in [1.29, 1.82) is 0 Å². The number of carboxylic acid groups (broad SMARTS) is 1. The summed E-state index contributed by atoms with van der Waals surface area (Å²) in [5.41, 5.74) is 0. The Morgan fingerprint density at radius 3 is 1.69 bits per heavy atom. The molecule has 49 heavy (non-hydrogen) atoms. The molecule has 0 saturated carbocycles. The normalized spacial score (nSPS) is 13.7. The van der Waals surface area contributed by atoms with Gasteiger partial charge < -0.3 is 28.6 Å². The minimum atomic E-state index is -1.14. The summed E-state index contributed by atoms with van der Waals surface area (Å²) in [7, 11) is 5.35. The molecule has 0 aromatic heterocycles. The largest absolute Gasteiger partial charge is 0.544 e. The first-order valence-electron chi connectivity index (χ1n) is 18.8. The number of aliphatic carboxylic acids is 1. The van der Waals surface area contributed by atoms with Gasteiger partial charge in [0.2, 0.25) is 0 Å². The summed E-state index contributed by atoms with van der Waals surface area (Å²) < 4.78 is 16.9. The first-order chi connectivity index (χ1) is 23.6. The van der Waals surface area contributed by atoms with E-state index in [9.17, 15) is 19.5 Å². The molecule has 0 aliphatic rings. The first-order valence-corrected chi connectivity index (χ1v) is 18.8. The number of carboxylic acids is 1. The summed E-state index contributed by atoms with van der Waals surface area (Å²) in [4.78, 5) is 36.5. The van der Waals surface area contributed by atoms with Crippen LogP contribution in [0.1, 0.15) is 129 Å². The van der Waals surface area contributed by atoms with Gasteiger partial charge in [0.05, 0.1) is 40.3 Å². The van der Waals surface area contributed by atoms with Crippen molar-refractivity contribution < 1.29 is 38.2 Å². The second kappa shape index (κ2) is 32.2. The van der Waals surface area contributed by atoms with Crippen LogP contribution in [0, 0.1) is 0 Å². The molecule has 0 radical (unpaired) electrons. The molecule has 0 fully saturated rings. The summed E-state index contributed by atoms with van der Waals surface area (Å²) in [6, 6.07) is -0.740. The molecule has 0 amide bonds. The van der Waals surface area contributed by atoms with E-state index in [1.54, 1.807) is 21.1 Å². The third-order valence-electron chi connectivity index (χ3n) is 7.89. The number of hydrogen-bond donors (Lipinski definition) is 0. The average molecular weight is 688 g/mol. The van der Waals surface area contributed by atoms with Crippen molar-refractivity contribution in [3.8, 4) is 0 Å². The number of ether oxygens (including phenoxy) is 3. The van der Waals surface area contributed by atoms with Crippen molar-refractivity contribution >= 4 is 17.9 Å². The number of nitrogens with zero attached hydrogens (tertiary/aromatic N) is 1. The van der Waals surface area contributed by atoms with E-state index in [-0.39, 0.29) is 55.5 Å². The highest BCUT2D eigenvalue weighted by atomic mass is 16.6. The Balaban J connectivity index is 4.55. The lowest BCUT2D eigenvalue weighted by molar-refractivity contribution is -0.889. The van der Waals surface area contributed by atoms with Crippen LogP contribution in [0.2, 0.25) is 0 Å². The number of quaternary nitrogens is 1. The van der Waals surface area contributed by atoms with E-state index in [1.165, 1.54) is 44.9 Å². The van der Waals surface area contributed by atoms with E-state index in [0.29, 0.717) is 12.8 Å². The molecule has 0 aromatic carbocycles. The lowest BCUT2D eigenvalue weighted by atomic mass is 10.1. The minimum Gasteiger partial charge on any atom is -0.544 e. The highest BCUT2D eigenvalue weighted by Crippen LogP contribution is 2.10. The predicted octanol–water partition coefficient (Wildman–Crippen LogP) is 8.13. The van der Waals surface area contributed by atoms with E-state index in [4.69, 9.17) is 14.2 Å². The Hall–Kier alpha value is -2.97. The number of carbonyl (C=O) groups excluding carboxylic acids is 3. The topological polar surface area (TPSA) is 102 Å². The zero-order chi connectivity index (χ0) is 36.4. The molecule has 2 unspecified atom stereocenters. The van der Waals surface area contributed by atoms with Gasteiger partial charge in [-0.05, 0) is 64.2 Å². The van der Waals surface area contributed by atoms with Gasteiger partial charge in [-0.1, -0.05) is 107 Å². The number of hydrogen-bond acceptors (Lipinski definition) is 7. The molecule has 0 bridgehead atoms. The molecule has 0 spiro atoms. The van der Waals surface area contributed by atoms with Gasteiger partial charge in [-0.15, -0.1) is 0 Å². The molecular formula is C41H69NO7. The zero-order valence-corrected chi connectivity index (χ0v) is 31.6. The lowest BCUT2D eigenvalue weighted by Gasteiger charge is -2.34. The van der Waals surface area contributed by atoms with Crippen molar-refractivity contribution in [2.75, 3.05) is 41.0 Å². The number of allylic oxidation sites excluding steroid dienone is 10. The number of rotatable bonds is 32. The molecule has 8 heteroatoms. The van der Waals surface area contributed by atoms with E-state index in [0.717, 1.165) is 38.5 Å². The van der Waals surface area contributed by atoms with Crippen molar-refractivity contribution in [1.82, 2.24) is 0 Å². The summed E-state index contributed by atoms with van der Waals surface area (Å²) >= 11 is 0. The van der Waals surface area contributed by atoms with Crippen LogP contribution in [0.25, 0.3) is 0 Å². The van der Waals surface area contributed by atoms with Crippen LogP contribution >= 0.6 is 0 Å². The summed E-state index contributed by atoms with van der Waals surface area (Å²) in [6.45, 7) is 4.45. The second-order valence-corrected chi connectivity index (χ2v) is 13.4. The fraction of sp³-hybridized carbons (Fsp3) is 0.683. The third-order valence-corrected chi connectivity index (χ3v) is 7.89. The number of carbonyl (C=O) groups is 3. The van der Waals surface area contributed by atoms with Gasteiger partial charge in [0.1, 0.15) is 12.6 Å². The molecular weight excluding hydrogens is 618 g/mol. The summed E-state index contributed by atoms with van der Waals surface area (Å²) in [6.07, 6.45) is 37.0. The smallest absolute Gasteiger partial charge is 0.306 e. The molecule has 0 saturated heterocycles. The van der Waals surface area contributed by atoms with Gasteiger partial charge in [0.15, 0.2) is 6.10 Å². The van der Waals surface area contributed by atoms with E-state index < -0.39 is 18.1 Å². The Kier molecular flexibility index (Phi) is 30.3. The minimum absolute atomic E-state index is 0.00473.